The summed E-state index contributed by atoms with van der Waals surface area (Å²) in [7, 11) is 0. The highest BCUT2D eigenvalue weighted by atomic mass is 16.5. The summed E-state index contributed by atoms with van der Waals surface area (Å²) < 4.78 is 5.35. The minimum Gasteiger partial charge on any atom is -0.379 e. The molecule has 0 aromatic heterocycles. The molecule has 0 aromatic carbocycles. The zero-order chi connectivity index (χ0) is 10.5. The normalized spacial score (nSPS) is 11.8. The SMILES string of the molecule is CC(C)OCCC(C)(C)C(=O)NN. The lowest BCUT2D eigenvalue weighted by Gasteiger charge is -2.22. The maximum absolute atomic E-state index is 11.2. The third-order valence-electron chi connectivity index (χ3n) is 1.92. The first-order valence-corrected chi connectivity index (χ1v) is 4.53. The summed E-state index contributed by atoms with van der Waals surface area (Å²) in [6.45, 7) is 8.21. The van der Waals surface area contributed by atoms with E-state index >= 15 is 0 Å². The summed E-state index contributed by atoms with van der Waals surface area (Å²) in [6.07, 6.45) is 0.880. The molecule has 4 heteroatoms. The first kappa shape index (κ1) is 12.4. The van der Waals surface area contributed by atoms with E-state index in [2.05, 4.69) is 5.43 Å². The van der Waals surface area contributed by atoms with Gasteiger partial charge in [0, 0.05) is 12.0 Å². The highest BCUT2D eigenvalue weighted by molar-refractivity contribution is 5.81. The lowest BCUT2D eigenvalue weighted by molar-refractivity contribution is -0.130. The summed E-state index contributed by atoms with van der Waals surface area (Å²) in [6, 6.07) is 0. The van der Waals surface area contributed by atoms with Crippen molar-refractivity contribution in [2.45, 2.75) is 40.2 Å². The highest BCUT2D eigenvalue weighted by Gasteiger charge is 2.26. The molecule has 0 heterocycles. The van der Waals surface area contributed by atoms with Crippen LogP contribution >= 0.6 is 0 Å². The van der Waals surface area contributed by atoms with Crippen LogP contribution in [0.2, 0.25) is 0 Å². The van der Waals surface area contributed by atoms with Crippen molar-refractivity contribution < 1.29 is 9.53 Å². The lowest BCUT2D eigenvalue weighted by atomic mass is 9.89. The Morgan fingerprint density at radius 2 is 2.08 bits per heavy atom. The minimum absolute atomic E-state index is 0.153. The van der Waals surface area contributed by atoms with Crippen molar-refractivity contribution in [1.82, 2.24) is 5.43 Å². The first-order chi connectivity index (χ1) is 5.90. The second-order valence-corrected chi connectivity index (χ2v) is 4.03. The number of carbonyl (C=O) groups is 1. The van der Waals surface area contributed by atoms with Gasteiger partial charge in [0.05, 0.1) is 6.10 Å². The van der Waals surface area contributed by atoms with Crippen molar-refractivity contribution in [3.8, 4) is 0 Å². The molecule has 0 aliphatic heterocycles. The van der Waals surface area contributed by atoms with E-state index in [-0.39, 0.29) is 12.0 Å². The average Bonchev–Trinajstić information content (AvgIpc) is 2.01. The second kappa shape index (κ2) is 5.19. The molecule has 0 atom stereocenters. The summed E-state index contributed by atoms with van der Waals surface area (Å²) in [5, 5.41) is 0. The van der Waals surface area contributed by atoms with Crippen LogP contribution < -0.4 is 11.3 Å². The summed E-state index contributed by atoms with van der Waals surface area (Å²) >= 11 is 0. The van der Waals surface area contributed by atoms with Crippen LogP contribution in [0, 0.1) is 5.41 Å². The standard InChI is InChI=1S/C9H20N2O2/c1-7(2)13-6-5-9(3,4)8(12)11-10/h7H,5-6,10H2,1-4H3,(H,11,12). The molecule has 3 N–H and O–H groups in total. The van der Waals surface area contributed by atoms with E-state index in [4.69, 9.17) is 10.6 Å². The molecule has 0 aromatic rings. The molecule has 0 saturated carbocycles. The van der Waals surface area contributed by atoms with Gasteiger partial charge in [0.15, 0.2) is 0 Å². The van der Waals surface area contributed by atoms with Crippen LogP contribution in [0.5, 0.6) is 0 Å². The number of ether oxygens (including phenoxy) is 1. The van der Waals surface area contributed by atoms with Crippen molar-refractivity contribution in [2.24, 2.45) is 11.3 Å². The van der Waals surface area contributed by atoms with E-state index in [1.54, 1.807) is 0 Å². The number of hydrogen-bond donors (Lipinski definition) is 2. The molecule has 0 radical (unpaired) electrons. The molecule has 0 rings (SSSR count). The predicted molar refractivity (Wildman–Crippen MR) is 51.8 cm³/mol. The Morgan fingerprint density at radius 3 is 2.46 bits per heavy atom. The topological polar surface area (TPSA) is 64.3 Å². The molecule has 0 aliphatic carbocycles. The maximum Gasteiger partial charge on any atom is 0.239 e. The Labute approximate surface area is 79.8 Å². The number of carbonyl (C=O) groups excluding carboxylic acids is 1. The fraction of sp³-hybridized carbons (Fsp3) is 0.889. The fourth-order valence-electron chi connectivity index (χ4n) is 0.859. The number of hydrogen-bond acceptors (Lipinski definition) is 3. The molecule has 0 aliphatic rings. The summed E-state index contributed by atoms with van der Waals surface area (Å²) in [5.41, 5.74) is 1.69. The van der Waals surface area contributed by atoms with E-state index in [0.717, 1.165) is 0 Å². The van der Waals surface area contributed by atoms with Crippen LogP contribution in [0.1, 0.15) is 34.1 Å². The van der Waals surface area contributed by atoms with Crippen molar-refractivity contribution >= 4 is 5.91 Å². The molecule has 78 valence electrons. The number of nitrogens with one attached hydrogen (secondary N) is 1. The van der Waals surface area contributed by atoms with E-state index < -0.39 is 5.41 Å². The smallest absolute Gasteiger partial charge is 0.239 e. The average molecular weight is 188 g/mol. The Kier molecular flexibility index (Phi) is 4.95. The van der Waals surface area contributed by atoms with E-state index in [1.807, 2.05) is 27.7 Å². The van der Waals surface area contributed by atoms with Gasteiger partial charge in [-0.05, 0) is 20.3 Å². The minimum atomic E-state index is -0.455. The van der Waals surface area contributed by atoms with Gasteiger partial charge < -0.3 is 4.74 Å². The Bertz CT molecular complexity index is 167. The van der Waals surface area contributed by atoms with Crippen LogP contribution in [0.25, 0.3) is 0 Å². The fourth-order valence-corrected chi connectivity index (χ4v) is 0.859. The number of hydrazine groups is 1. The van der Waals surface area contributed by atoms with Crippen LogP contribution in [-0.4, -0.2) is 18.6 Å². The number of rotatable bonds is 5. The molecule has 1 amide bonds. The van der Waals surface area contributed by atoms with Gasteiger partial charge in [-0.1, -0.05) is 13.8 Å². The second-order valence-electron chi connectivity index (χ2n) is 4.03. The van der Waals surface area contributed by atoms with Gasteiger partial charge in [-0.3, -0.25) is 10.2 Å². The Hall–Kier alpha value is -0.610. The van der Waals surface area contributed by atoms with Crippen LogP contribution in [0.4, 0.5) is 0 Å². The third-order valence-corrected chi connectivity index (χ3v) is 1.92. The van der Waals surface area contributed by atoms with Crippen molar-refractivity contribution in [3.05, 3.63) is 0 Å². The van der Waals surface area contributed by atoms with Gasteiger partial charge in [0.25, 0.3) is 0 Å². The molecule has 0 spiro atoms. The first-order valence-electron chi connectivity index (χ1n) is 4.53. The molecule has 0 unspecified atom stereocenters. The largest absolute Gasteiger partial charge is 0.379 e. The van der Waals surface area contributed by atoms with Gasteiger partial charge in [-0.2, -0.15) is 0 Å². The van der Waals surface area contributed by atoms with Gasteiger partial charge in [0.1, 0.15) is 0 Å². The molecule has 4 nitrogen and oxygen atoms in total. The maximum atomic E-state index is 11.2. The Morgan fingerprint density at radius 1 is 1.54 bits per heavy atom. The van der Waals surface area contributed by atoms with E-state index in [9.17, 15) is 4.79 Å². The molecule has 0 bridgehead atoms. The molecular formula is C9H20N2O2. The lowest BCUT2D eigenvalue weighted by Crippen LogP contribution is -2.41. The monoisotopic (exact) mass is 188 g/mol. The quantitative estimate of drug-likeness (QED) is 0.381. The summed E-state index contributed by atoms with van der Waals surface area (Å²) in [5.74, 6) is 4.90. The molecule has 13 heavy (non-hydrogen) atoms. The van der Waals surface area contributed by atoms with Crippen LogP contribution in [0.3, 0.4) is 0 Å². The van der Waals surface area contributed by atoms with Gasteiger partial charge in [-0.25, -0.2) is 5.84 Å². The zero-order valence-corrected chi connectivity index (χ0v) is 8.89. The summed E-state index contributed by atoms with van der Waals surface area (Å²) in [4.78, 5) is 11.2. The molecule has 0 saturated heterocycles. The van der Waals surface area contributed by atoms with Crippen LogP contribution in [-0.2, 0) is 9.53 Å². The highest BCUT2D eigenvalue weighted by Crippen LogP contribution is 2.20. The Balaban J connectivity index is 3.82. The molecule has 0 fully saturated rings. The predicted octanol–water partition coefficient (Wildman–Crippen LogP) is 0.818. The van der Waals surface area contributed by atoms with E-state index in [1.165, 1.54) is 0 Å². The van der Waals surface area contributed by atoms with Gasteiger partial charge in [0.2, 0.25) is 5.91 Å². The van der Waals surface area contributed by atoms with Gasteiger partial charge >= 0.3 is 0 Å². The number of amides is 1. The zero-order valence-electron chi connectivity index (χ0n) is 8.89. The van der Waals surface area contributed by atoms with E-state index in [0.29, 0.717) is 13.0 Å². The van der Waals surface area contributed by atoms with Crippen molar-refractivity contribution in [3.63, 3.8) is 0 Å². The van der Waals surface area contributed by atoms with Gasteiger partial charge in [-0.15, -0.1) is 0 Å². The molecular weight excluding hydrogens is 168 g/mol. The third kappa shape index (κ3) is 4.85. The van der Waals surface area contributed by atoms with Crippen molar-refractivity contribution in [1.29, 1.82) is 0 Å². The van der Waals surface area contributed by atoms with Crippen LogP contribution in [0.15, 0.2) is 0 Å². The number of nitrogens with two attached hydrogens (primary N) is 1. The van der Waals surface area contributed by atoms with Crippen molar-refractivity contribution in [2.75, 3.05) is 6.61 Å².